The van der Waals surface area contributed by atoms with Crippen molar-refractivity contribution in [3.05, 3.63) is 11.9 Å². The van der Waals surface area contributed by atoms with E-state index in [-0.39, 0.29) is 29.7 Å². The second kappa shape index (κ2) is 4.02. The van der Waals surface area contributed by atoms with Gasteiger partial charge in [0.15, 0.2) is 21.3 Å². The number of aromatic hydroxyl groups is 1. The number of carboxylic acids is 1. The number of nitrogens with zero attached hydrogens (tertiary/aromatic N) is 2. The van der Waals surface area contributed by atoms with Crippen LogP contribution in [0.5, 0.6) is 5.75 Å². The molecule has 1 saturated heterocycles. The van der Waals surface area contributed by atoms with Gasteiger partial charge in [-0.25, -0.2) is 13.2 Å². The van der Waals surface area contributed by atoms with Gasteiger partial charge in [-0.1, -0.05) is 0 Å². The molecule has 0 radical (unpaired) electrons. The largest absolute Gasteiger partial charge is 0.504 e. The minimum absolute atomic E-state index is 0.0483. The fourth-order valence-corrected chi connectivity index (χ4v) is 3.84. The number of hydrogen-bond acceptors (Lipinski definition) is 5. The van der Waals surface area contributed by atoms with Gasteiger partial charge in [-0.3, -0.25) is 4.68 Å². The zero-order valence-corrected chi connectivity index (χ0v) is 9.72. The number of aromatic carboxylic acids is 1. The molecule has 1 aliphatic heterocycles. The summed E-state index contributed by atoms with van der Waals surface area (Å²) in [6.07, 6.45) is 1.55. The predicted molar refractivity (Wildman–Crippen MR) is 57.6 cm³/mol. The van der Waals surface area contributed by atoms with E-state index in [9.17, 15) is 18.3 Å². The molecule has 0 saturated carbocycles. The van der Waals surface area contributed by atoms with Crippen LogP contribution in [0.15, 0.2) is 6.20 Å². The van der Waals surface area contributed by atoms with Gasteiger partial charge in [0.25, 0.3) is 0 Å². The lowest BCUT2D eigenvalue weighted by atomic mass is 10.1. The molecule has 17 heavy (non-hydrogen) atoms. The van der Waals surface area contributed by atoms with Gasteiger partial charge in [0, 0.05) is 6.54 Å². The summed E-state index contributed by atoms with van der Waals surface area (Å²) in [4.78, 5) is 10.9. The molecule has 1 fully saturated rings. The summed E-state index contributed by atoms with van der Waals surface area (Å²) < 4.78 is 23.7. The number of rotatable bonds is 3. The second-order valence-corrected chi connectivity index (χ2v) is 6.36. The Balaban J connectivity index is 2.18. The predicted octanol–water partition coefficient (Wildman–Crippen LogP) is -0.278. The average molecular weight is 260 g/mol. The number of hydrogen-bond donors (Lipinski definition) is 2. The summed E-state index contributed by atoms with van der Waals surface area (Å²) in [5.74, 6) is -1.64. The van der Waals surface area contributed by atoms with Gasteiger partial charge in [0.2, 0.25) is 0 Å². The maximum Gasteiger partial charge on any atom is 0.358 e. The van der Waals surface area contributed by atoms with Crippen molar-refractivity contribution in [3.63, 3.8) is 0 Å². The summed E-state index contributed by atoms with van der Waals surface area (Å²) in [6.45, 7) is 0.196. The minimum Gasteiger partial charge on any atom is -0.504 e. The Kier molecular flexibility index (Phi) is 2.82. The molecule has 1 aliphatic rings. The van der Waals surface area contributed by atoms with Crippen LogP contribution in [-0.2, 0) is 16.4 Å². The Morgan fingerprint density at radius 1 is 1.59 bits per heavy atom. The molecule has 0 amide bonds. The van der Waals surface area contributed by atoms with Crippen LogP contribution in [0.25, 0.3) is 0 Å². The molecule has 0 aliphatic carbocycles. The van der Waals surface area contributed by atoms with E-state index in [1.54, 1.807) is 0 Å². The highest BCUT2D eigenvalue weighted by Crippen LogP contribution is 2.23. The summed E-state index contributed by atoms with van der Waals surface area (Å²) >= 11 is 0. The summed E-state index contributed by atoms with van der Waals surface area (Å²) in [5, 5.41) is 21.9. The molecule has 2 rings (SSSR count). The Bertz CT molecular complexity index is 548. The normalized spacial score (nSPS) is 22.7. The Morgan fingerprint density at radius 2 is 2.29 bits per heavy atom. The van der Waals surface area contributed by atoms with Crippen molar-refractivity contribution in [2.75, 3.05) is 11.5 Å². The summed E-state index contributed by atoms with van der Waals surface area (Å²) in [7, 11) is -2.99. The molecule has 1 atom stereocenters. The van der Waals surface area contributed by atoms with E-state index < -0.39 is 21.6 Å². The third-order valence-electron chi connectivity index (χ3n) is 2.78. The van der Waals surface area contributed by atoms with E-state index in [1.165, 1.54) is 0 Å². The zero-order chi connectivity index (χ0) is 12.6. The highest BCUT2D eigenvalue weighted by molar-refractivity contribution is 7.91. The fraction of sp³-hybridized carbons (Fsp3) is 0.556. The molecule has 1 aromatic heterocycles. The standard InChI is InChI=1S/C9H12N2O5S/c12-7-3-10-11(8(7)9(13)14)4-6-1-2-17(15,16)5-6/h3,6,12H,1-2,4-5H2,(H,13,14). The van der Waals surface area contributed by atoms with E-state index in [2.05, 4.69) is 5.10 Å². The lowest BCUT2D eigenvalue weighted by molar-refractivity contribution is 0.0678. The van der Waals surface area contributed by atoms with Crippen LogP contribution in [-0.4, -0.2) is 45.9 Å². The van der Waals surface area contributed by atoms with Gasteiger partial charge in [-0.2, -0.15) is 5.10 Å². The first kappa shape index (κ1) is 11.9. The fourth-order valence-electron chi connectivity index (χ4n) is 1.99. The minimum atomic E-state index is -2.99. The number of carbonyl (C=O) groups is 1. The maximum absolute atomic E-state index is 11.3. The smallest absolute Gasteiger partial charge is 0.358 e. The Hall–Kier alpha value is -1.57. The van der Waals surface area contributed by atoms with E-state index >= 15 is 0 Å². The molecule has 0 bridgehead atoms. The summed E-state index contributed by atoms with van der Waals surface area (Å²) in [5.41, 5.74) is -0.297. The van der Waals surface area contributed by atoms with Crippen LogP contribution in [0, 0.1) is 5.92 Å². The van der Waals surface area contributed by atoms with Crippen molar-refractivity contribution in [2.45, 2.75) is 13.0 Å². The van der Waals surface area contributed by atoms with Crippen LogP contribution in [0.1, 0.15) is 16.9 Å². The van der Waals surface area contributed by atoms with Crippen LogP contribution >= 0.6 is 0 Å². The topological polar surface area (TPSA) is 109 Å². The molecule has 1 aromatic rings. The highest BCUT2D eigenvalue weighted by atomic mass is 32.2. The molecule has 7 nitrogen and oxygen atoms in total. The molecular formula is C9H12N2O5S. The zero-order valence-electron chi connectivity index (χ0n) is 8.90. The van der Waals surface area contributed by atoms with Crippen LogP contribution in [0.3, 0.4) is 0 Å². The highest BCUT2D eigenvalue weighted by Gasteiger charge is 2.29. The van der Waals surface area contributed by atoms with E-state index in [0.29, 0.717) is 6.42 Å². The quantitative estimate of drug-likeness (QED) is 0.773. The SMILES string of the molecule is O=C(O)c1c(O)cnn1CC1CCS(=O)(=O)C1. The molecule has 1 unspecified atom stereocenters. The van der Waals surface area contributed by atoms with Gasteiger partial charge in [0.1, 0.15) is 0 Å². The molecule has 94 valence electrons. The first-order valence-corrected chi connectivity index (χ1v) is 6.89. The van der Waals surface area contributed by atoms with Gasteiger partial charge in [-0.05, 0) is 12.3 Å². The van der Waals surface area contributed by atoms with Crippen molar-refractivity contribution in [2.24, 2.45) is 5.92 Å². The second-order valence-electron chi connectivity index (χ2n) is 4.13. The third kappa shape index (κ3) is 2.41. The number of carboxylic acid groups (broad SMARTS) is 1. The van der Waals surface area contributed by atoms with Gasteiger partial charge >= 0.3 is 5.97 Å². The van der Waals surface area contributed by atoms with Gasteiger partial charge in [-0.15, -0.1) is 0 Å². The molecule has 0 spiro atoms. The lowest BCUT2D eigenvalue weighted by Crippen LogP contribution is -2.17. The Labute approximate surface area is 97.6 Å². The maximum atomic E-state index is 11.3. The van der Waals surface area contributed by atoms with Gasteiger partial charge in [0.05, 0.1) is 17.7 Å². The molecule has 2 heterocycles. The van der Waals surface area contributed by atoms with Crippen molar-refractivity contribution in [1.82, 2.24) is 9.78 Å². The van der Waals surface area contributed by atoms with Crippen LogP contribution < -0.4 is 0 Å². The van der Waals surface area contributed by atoms with Crippen LogP contribution in [0.2, 0.25) is 0 Å². The van der Waals surface area contributed by atoms with Crippen molar-refractivity contribution < 1.29 is 23.4 Å². The number of aromatic nitrogens is 2. The average Bonchev–Trinajstić information content (AvgIpc) is 2.71. The van der Waals surface area contributed by atoms with Gasteiger partial charge < -0.3 is 10.2 Å². The first-order valence-electron chi connectivity index (χ1n) is 5.07. The monoisotopic (exact) mass is 260 g/mol. The van der Waals surface area contributed by atoms with Crippen molar-refractivity contribution in [1.29, 1.82) is 0 Å². The summed E-state index contributed by atoms with van der Waals surface area (Å²) in [6, 6.07) is 0. The molecular weight excluding hydrogens is 248 g/mol. The molecule has 8 heteroatoms. The van der Waals surface area contributed by atoms with E-state index in [4.69, 9.17) is 5.11 Å². The van der Waals surface area contributed by atoms with Crippen molar-refractivity contribution >= 4 is 15.8 Å². The van der Waals surface area contributed by atoms with Crippen molar-refractivity contribution in [3.8, 4) is 5.75 Å². The molecule has 0 aromatic carbocycles. The van der Waals surface area contributed by atoms with E-state index in [1.807, 2.05) is 0 Å². The first-order chi connectivity index (χ1) is 7.89. The van der Waals surface area contributed by atoms with Crippen LogP contribution in [0.4, 0.5) is 0 Å². The Morgan fingerprint density at radius 3 is 2.82 bits per heavy atom. The number of sulfone groups is 1. The lowest BCUT2D eigenvalue weighted by Gasteiger charge is -2.09. The third-order valence-corrected chi connectivity index (χ3v) is 4.62. The van der Waals surface area contributed by atoms with E-state index in [0.717, 1.165) is 10.9 Å². The molecule has 2 N–H and O–H groups in total.